The van der Waals surface area contributed by atoms with Gasteiger partial charge in [0.1, 0.15) is 11.6 Å². The fourth-order valence-electron chi connectivity index (χ4n) is 1.22. The van der Waals surface area contributed by atoms with Gasteiger partial charge in [-0.2, -0.15) is 0 Å². The summed E-state index contributed by atoms with van der Waals surface area (Å²) in [6.45, 7) is 5.48. The Bertz CT molecular complexity index is 371. The van der Waals surface area contributed by atoms with Crippen molar-refractivity contribution in [2.24, 2.45) is 11.5 Å². The van der Waals surface area contributed by atoms with Crippen LogP contribution in [-0.4, -0.2) is 17.7 Å². The molecule has 0 aliphatic heterocycles. The number of ketones is 1. The monoisotopic (exact) mass is 235 g/mol. The summed E-state index contributed by atoms with van der Waals surface area (Å²) in [5.74, 6) is 0.0167. The van der Waals surface area contributed by atoms with Crippen LogP contribution >= 0.6 is 0 Å². The van der Waals surface area contributed by atoms with Crippen molar-refractivity contribution >= 4 is 11.6 Å². The molecule has 0 aliphatic rings. The first-order valence-corrected chi connectivity index (χ1v) is 5.70. The van der Waals surface area contributed by atoms with E-state index in [1.54, 1.807) is 12.1 Å². The summed E-state index contributed by atoms with van der Waals surface area (Å²) in [4.78, 5) is 10.9. The van der Waals surface area contributed by atoms with E-state index in [0.29, 0.717) is 12.0 Å². The van der Waals surface area contributed by atoms with Gasteiger partial charge in [0.15, 0.2) is 0 Å². The molecule has 0 heterocycles. The molecule has 4 nitrogen and oxygen atoms in total. The van der Waals surface area contributed by atoms with Gasteiger partial charge in [-0.25, -0.2) is 0 Å². The molecular weight excluding hydrogens is 214 g/mol. The van der Waals surface area contributed by atoms with Crippen LogP contribution in [-0.2, 0) is 11.2 Å². The summed E-state index contributed by atoms with van der Waals surface area (Å²) < 4.78 is 0. The van der Waals surface area contributed by atoms with Gasteiger partial charge in [-0.05, 0) is 18.9 Å². The van der Waals surface area contributed by atoms with E-state index in [1.807, 2.05) is 26.0 Å². The molecule has 94 valence electrons. The molecule has 0 amide bonds. The third kappa shape index (κ3) is 5.26. The Hall–Kier alpha value is -1.68. The van der Waals surface area contributed by atoms with Gasteiger partial charge in [-0.15, -0.1) is 0 Å². The normalized spacial score (nSPS) is 11.1. The van der Waals surface area contributed by atoms with Crippen LogP contribution in [0.4, 0.5) is 0 Å². The van der Waals surface area contributed by atoms with E-state index in [4.69, 9.17) is 16.9 Å². The summed E-state index contributed by atoms with van der Waals surface area (Å²) >= 11 is 0. The van der Waals surface area contributed by atoms with Crippen LogP contribution in [0.25, 0.3) is 0 Å². The summed E-state index contributed by atoms with van der Waals surface area (Å²) in [7, 11) is 0. The quantitative estimate of drug-likeness (QED) is 0.544. The minimum absolute atomic E-state index is 0.0226. The number of nitrogens with two attached hydrogens (primary N) is 2. The SMILES string of the molecule is CC.CC(=O)C(N)Cc1ccc(C(=N)N)cc1. The maximum atomic E-state index is 10.9. The third-order valence-electron chi connectivity index (χ3n) is 2.24. The number of rotatable bonds is 4. The second-order valence-electron chi connectivity index (χ2n) is 3.53. The van der Waals surface area contributed by atoms with Gasteiger partial charge in [0, 0.05) is 5.56 Å². The number of nitrogens with one attached hydrogen (secondary N) is 1. The lowest BCUT2D eigenvalue weighted by atomic mass is 10.0. The molecule has 0 spiro atoms. The lowest BCUT2D eigenvalue weighted by molar-refractivity contribution is -0.118. The number of nitrogen functional groups attached to an aromatic ring is 1. The molecule has 1 rings (SSSR count). The van der Waals surface area contributed by atoms with Crippen LogP contribution in [0, 0.1) is 5.41 Å². The maximum Gasteiger partial charge on any atom is 0.146 e. The smallest absolute Gasteiger partial charge is 0.146 e. The molecule has 0 radical (unpaired) electrons. The largest absolute Gasteiger partial charge is 0.384 e. The van der Waals surface area contributed by atoms with E-state index in [9.17, 15) is 4.79 Å². The first-order chi connectivity index (χ1) is 8.00. The number of benzene rings is 1. The molecule has 0 saturated carbocycles. The zero-order valence-corrected chi connectivity index (χ0v) is 10.7. The van der Waals surface area contributed by atoms with Crippen molar-refractivity contribution in [2.45, 2.75) is 33.2 Å². The van der Waals surface area contributed by atoms with Gasteiger partial charge in [0.05, 0.1) is 6.04 Å². The minimum Gasteiger partial charge on any atom is -0.384 e. The highest BCUT2D eigenvalue weighted by molar-refractivity contribution is 5.94. The third-order valence-corrected chi connectivity index (χ3v) is 2.24. The number of carbonyl (C=O) groups is 1. The maximum absolute atomic E-state index is 10.9. The summed E-state index contributed by atoms with van der Waals surface area (Å²) in [6, 6.07) is 6.72. The molecule has 0 aliphatic carbocycles. The van der Waals surface area contributed by atoms with Crippen molar-refractivity contribution in [3.8, 4) is 0 Å². The molecule has 1 aromatic rings. The molecule has 5 N–H and O–H groups in total. The second kappa shape index (κ2) is 7.57. The Labute approximate surface area is 103 Å². The van der Waals surface area contributed by atoms with Gasteiger partial charge in [0.2, 0.25) is 0 Å². The van der Waals surface area contributed by atoms with Crippen LogP contribution in [0.5, 0.6) is 0 Å². The fraction of sp³-hybridized carbons (Fsp3) is 0.385. The van der Waals surface area contributed by atoms with Crippen LogP contribution in [0.3, 0.4) is 0 Å². The van der Waals surface area contributed by atoms with Crippen molar-refractivity contribution in [2.75, 3.05) is 0 Å². The van der Waals surface area contributed by atoms with Crippen molar-refractivity contribution < 1.29 is 4.79 Å². The highest BCUT2D eigenvalue weighted by atomic mass is 16.1. The molecule has 0 aromatic heterocycles. The Morgan fingerprint density at radius 2 is 1.76 bits per heavy atom. The molecule has 0 saturated heterocycles. The van der Waals surface area contributed by atoms with Crippen molar-refractivity contribution in [3.05, 3.63) is 35.4 Å². The van der Waals surface area contributed by atoms with E-state index in [2.05, 4.69) is 0 Å². The van der Waals surface area contributed by atoms with E-state index in [0.717, 1.165) is 5.56 Å². The lowest BCUT2D eigenvalue weighted by Gasteiger charge is -2.08. The predicted molar refractivity (Wildman–Crippen MR) is 71.2 cm³/mol. The second-order valence-corrected chi connectivity index (χ2v) is 3.53. The Balaban J connectivity index is 0.00000121. The van der Waals surface area contributed by atoms with E-state index < -0.39 is 6.04 Å². The number of hydrogen-bond acceptors (Lipinski definition) is 3. The van der Waals surface area contributed by atoms with Crippen molar-refractivity contribution in [3.63, 3.8) is 0 Å². The Morgan fingerprint density at radius 3 is 2.12 bits per heavy atom. The summed E-state index contributed by atoms with van der Waals surface area (Å²) in [5, 5.41) is 7.21. The Morgan fingerprint density at radius 1 is 1.29 bits per heavy atom. The number of hydrogen-bond donors (Lipinski definition) is 3. The van der Waals surface area contributed by atoms with Crippen LogP contribution in [0.1, 0.15) is 31.9 Å². The van der Waals surface area contributed by atoms with Crippen LogP contribution < -0.4 is 11.5 Å². The molecule has 17 heavy (non-hydrogen) atoms. The molecule has 1 unspecified atom stereocenters. The summed E-state index contributed by atoms with van der Waals surface area (Å²) in [6.07, 6.45) is 0.521. The number of Topliss-reactive ketones (excluding diaryl/α,β-unsaturated/α-hetero) is 1. The van der Waals surface area contributed by atoms with E-state index in [1.165, 1.54) is 6.92 Å². The first-order valence-electron chi connectivity index (χ1n) is 5.70. The zero-order valence-electron chi connectivity index (χ0n) is 10.7. The summed E-state index contributed by atoms with van der Waals surface area (Å²) in [5.41, 5.74) is 12.6. The topological polar surface area (TPSA) is 93.0 Å². The van der Waals surface area contributed by atoms with E-state index in [-0.39, 0.29) is 11.6 Å². The van der Waals surface area contributed by atoms with Crippen LogP contribution in [0.2, 0.25) is 0 Å². The van der Waals surface area contributed by atoms with Crippen LogP contribution in [0.15, 0.2) is 24.3 Å². The zero-order chi connectivity index (χ0) is 13.4. The number of carbonyl (C=O) groups excluding carboxylic acids is 1. The molecular formula is C13H21N3O. The molecule has 1 atom stereocenters. The number of amidine groups is 1. The van der Waals surface area contributed by atoms with Crippen molar-refractivity contribution in [1.29, 1.82) is 5.41 Å². The Kier molecular flexibility index (Phi) is 6.82. The highest BCUT2D eigenvalue weighted by Gasteiger charge is 2.08. The van der Waals surface area contributed by atoms with Gasteiger partial charge in [-0.3, -0.25) is 10.2 Å². The van der Waals surface area contributed by atoms with Gasteiger partial charge in [-0.1, -0.05) is 38.1 Å². The van der Waals surface area contributed by atoms with Gasteiger partial charge in [0.25, 0.3) is 0 Å². The fourth-order valence-corrected chi connectivity index (χ4v) is 1.22. The average molecular weight is 235 g/mol. The molecule has 1 aromatic carbocycles. The first kappa shape index (κ1) is 15.3. The predicted octanol–water partition coefficient (Wildman–Crippen LogP) is 1.46. The average Bonchev–Trinajstić information content (AvgIpc) is 2.32. The molecule has 0 bridgehead atoms. The van der Waals surface area contributed by atoms with E-state index >= 15 is 0 Å². The van der Waals surface area contributed by atoms with Crippen molar-refractivity contribution in [1.82, 2.24) is 0 Å². The molecule has 0 fully saturated rings. The lowest BCUT2D eigenvalue weighted by Crippen LogP contribution is -2.30. The molecule has 4 heteroatoms. The highest BCUT2D eigenvalue weighted by Crippen LogP contribution is 2.06. The standard InChI is InChI=1S/C11H15N3O.C2H6/c1-7(15)10(12)6-8-2-4-9(5-3-8)11(13)14;1-2/h2-5,10H,6,12H2,1H3,(H3,13,14);1-2H3. The minimum atomic E-state index is -0.451. The van der Waals surface area contributed by atoms with Gasteiger partial charge >= 0.3 is 0 Å². The van der Waals surface area contributed by atoms with Gasteiger partial charge < -0.3 is 11.5 Å².